The number of rotatable bonds is 6. The lowest BCUT2D eigenvalue weighted by Crippen LogP contribution is -2.47. The van der Waals surface area contributed by atoms with Crippen molar-refractivity contribution >= 4 is 29.1 Å². The number of anilines is 1. The van der Waals surface area contributed by atoms with Gasteiger partial charge in [0.25, 0.3) is 5.91 Å². The van der Waals surface area contributed by atoms with Crippen LogP contribution in [0.15, 0.2) is 61.1 Å². The number of nitrogens with one attached hydrogen (secondary N) is 1. The van der Waals surface area contributed by atoms with E-state index in [1.165, 1.54) is 59.9 Å². The van der Waals surface area contributed by atoms with Crippen LogP contribution in [0.25, 0.3) is 0 Å². The Labute approximate surface area is 201 Å². The number of halogens is 3. The predicted molar refractivity (Wildman–Crippen MR) is 124 cm³/mol. The quantitative estimate of drug-likeness (QED) is 0.519. The van der Waals surface area contributed by atoms with Crippen molar-refractivity contribution in [2.24, 2.45) is 0 Å². The van der Waals surface area contributed by atoms with Crippen LogP contribution >= 0.6 is 11.6 Å². The first-order valence-electron chi connectivity index (χ1n) is 11.0. The molecule has 34 heavy (non-hydrogen) atoms. The first-order valence-corrected chi connectivity index (χ1v) is 11.4. The molecule has 1 saturated carbocycles. The number of benzene rings is 2. The minimum Gasteiger partial charge on any atom is -0.351 e. The molecule has 9 heteroatoms. The van der Waals surface area contributed by atoms with Crippen molar-refractivity contribution in [3.63, 3.8) is 0 Å². The third-order valence-electron chi connectivity index (χ3n) is 5.83. The number of carbonyl (C=O) groups is 2. The Bertz CT molecular complexity index is 1160. The number of amides is 2. The lowest BCUT2D eigenvalue weighted by molar-refractivity contribution is -0.123. The van der Waals surface area contributed by atoms with Crippen molar-refractivity contribution in [1.82, 2.24) is 15.3 Å². The molecule has 0 spiro atoms. The van der Waals surface area contributed by atoms with Gasteiger partial charge in [-0.3, -0.25) is 19.5 Å². The third kappa shape index (κ3) is 5.39. The average Bonchev–Trinajstić information content (AvgIpc) is 2.86. The zero-order chi connectivity index (χ0) is 24.1. The molecule has 1 aliphatic rings. The van der Waals surface area contributed by atoms with E-state index in [1.54, 1.807) is 0 Å². The Morgan fingerprint density at radius 2 is 1.76 bits per heavy atom. The maximum atomic E-state index is 13.9. The van der Waals surface area contributed by atoms with Gasteiger partial charge >= 0.3 is 0 Å². The Morgan fingerprint density at radius 3 is 2.41 bits per heavy atom. The van der Waals surface area contributed by atoms with E-state index in [-0.39, 0.29) is 22.4 Å². The summed E-state index contributed by atoms with van der Waals surface area (Å²) in [5, 5.41) is 2.84. The maximum absolute atomic E-state index is 13.9. The second-order valence-corrected chi connectivity index (χ2v) is 8.57. The van der Waals surface area contributed by atoms with E-state index in [0.29, 0.717) is 5.56 Å². The van der Waals surface area contributed by atoms with Gasteiger partial charge in [0.1, 0.15) is 23.4 Å². The van der Waals surface area contributed by atoms with E-state index in [2.05, 4.69) is 15.3 Å². The first kappa shape index (κ1) is 23.8. The molecular weight excluding hydrogens is 462 g/mol. The van der Waals surface area contributed by atoms with Crippen LogP contribution in [0.1, 0.15) is 54.2 Å². The number of aromatic nitrogens is 2. The van der Waals surface area contributed by atoms with Crippen LogP contribution in [0.3, 0.4) is 0 Å². The zero-order valence-corrected chi connectivity index (χ0v) is 19.0. The van der Waals surface area contributed by atoms with Gasteiger partial charge in [-0.05, 0) is 48.7 Å². The SMILES string of the molecule is O=C(NC1CCCCC1)[C@@H](c1ccc(F)cc1)N(C(=O)c1cnccn1)c1ccc(F)c(Cl)c1. The first-order chi connectivity index (χ1) is 16.4. The monoisotopic (exact) mass is 484 g/mol. The van der Waals surface area contributed by atoms with E-state index in [4.69, 9.17) is 11.6 Å². The Morgan fingerprint density at radius 1 is 1.03 bits per heavy atom. The van der Waals surface area contributed by atoms with Gasteiger partial charge in [0.15, 0.2) is 0 Å². The van der Waals surface area contributed by atoms with Gasteiger partial charge in [0.05, 0.1) is 11.2 Å². The molecule has 0 unspecified atom stereocenters. The van der Waals surface area contributed by atoms with E-state index < -0.39 is 29.5 Å². The summed E-state index contributed by atoms with van der Waals surface area (Å²) in [6.07, 6.45) is 8.84. The molecule has 0 saturated heterocycles. The van der Waals surface area contributed by atoms with Crippen molar-refractivity contribution in [2.75, 3.05) is 4.90 Å². The maximum Gasteiger partial charge on any atom is 0.279 e. The van der Waals surface area contributed by atoms with Crippen LogP contribution in [0.4, 0.5) is 14.5 Å². The van der Waals surface area contributed by atoms with Crippen molar-refractivity contribution in [2.45, 2.75) is 44.2 Å². The Kier molecular flexibility index (Phi) is 7.47. The predicted octanol–water partition coefficient (Wildman–Crippen LogP) is 5.25. The molecule has 1 aliphatic carbocycles. The molecule has 1 atom stereocenters. The highest BCUT2D eigenvalue weighted by Crippen LogP contribution is 2.32. The highest BCUT2D eigenvalue weighted by molar-refractivity contribution is 6.31. The van der Waals surface area contributed by atoms with Crippen LogP contribution in [0.5, 0.6) is 0 Å². The summed E-state index contributed by atoms with van der Waals surface area (Å²) in [7, 11) is 0. The molecular formula is C25H23ClF2N4O2. The molecule has 3 aromatic rings. The molecule has 4 rings (SSSR count). The lowest BCUT2D eigenvalue weighted by Gasteiger charge is -2.33. The van der Waals surface area contributed by atoms with Gasteiger partial charge in [-0.15, -0.1) is 0 Å². The van der Waals surface area contributed by atoms with Crippen LogP contribution in [0.2, 0.25) is 5.02 Å². The normalized spacial score (nSPS) is 14.9. The van der Waals surface area contributed by atoms with E-state index in [9.17, 15) is 18.4 Å². The number of hydrogen-bond donors (Lipinski definition) is 1. The second kappa shape index (κ2) is 10.7. The molecule has 6 nitrogen and oxygen atoms in total. The molecule has 1 aromatic heterocycles. The van der Waals surface area contributed by atoms with E-state index >= 15 is 0 Å². The summed E-state index contributed by atoms with van der Waals surface area (Å²) < 4.78 is 27.7. The molecule has 1 fully saturated rings. The highest BCUT2D eigenvalue weighted by atomic mass is 35.5. The van der Waals surface area contributed by atoms with Crippen LogP contribution < -0.4 is 10.2 Å². The topological polar surface area (TPSA) is 75.2 Å². The molecule has 2 amide bonds. The molecule has 0 aliphatic heterocycles. The van der Waals surface area contributed by atoms with Gasteiger partial charge in [-0.2, -0.15) is 0 Å². The van der Waals surface area contributed by atoms with Crippen molar-refractivity contribution in [3.05, 3.63) is 89.0 Å². The fourth-order valence-corrected chi connectivity index (χ4v) is 4.32. The number of hydrogen-bond acceptors (Lipinski definition) is 4. The molecule has 2 aromatic carbocycles. The summed E-state index contributed by atoms with van der Waals surface area (Å²) in [5.74, 6) is -2.21. The largest absolute Gasteiger partial charge is 0.351 e. The summed E-state index contributed by atoms with van der Waals surface area (Å²) in [6.45, 7) is 0. The van der Waals surface area contributed by atoms with Crippen LogP contribution in [0, 0.1) is 11.6 Å². The minimum absolute atomic E-state index is 0.0134. The van der Waals surface area contributed by atoms with Gasteiger partial charge < -0.3 is 5.32 Å². The summed E-state index contributed by atoms with van der Waals surface area (Å²) >= 11 is 6.02. The average molecular weight is 485 g/mol. The molecule has 0 radical (unpaired) electrons. The van der Waals surface area contributed by atoms with Gasteiger partial charge in [0, 0.05) is 24.1 Å². The zero-order valence-electron chi connectivity index (χ0n) is 18.3. The van der Waals surface area contributed by atoms with E-state index in [1.807, 2.05) is 0 Å². The minimum atomic E-state index is -1.18. The molecule has 1 heterocycles. The fraction of sp³-hybridized carbons (Fsp3) is 0.280. The Balaban J connectivity index is 1.82. The molecule has 1 N–H and O–H groups in total. The van der Waals surface area contributed by atoms with Crippen molar-refractivity contribution in [1.29, 1.82) is 0 Å². The smallest absolute Gasteiger partial charge is 0.279 e. The van der Waals surface area contributed by atoms with Crippen molar-refractivity contribution < 1.29 is 18.4 Å². The molecule has 176 valence electrons. The lowest BCUT2D eigenvalue weighted by atomic mass is 9.94. The second-order valence-electron chi connectivity index (χ2n) is 8.16. The molecule has 0 bridgehead atoms. The Hall–Kier alpha value is -3.39. The van der Waals surface area contributed by atoms with Crippen LogP contribution in [-0.4, -0.2) is 27.8 Å². The number of nitrogens with zero attached hydrogens (tertiary/aromatic N) is 3. The fourth-order valence-electron chi connectivity index (χ4n) is 4.14. The van der Waals surface area contributed by atoms with Gasteiger partial charge in [-0.25, -0.2) is 13.8 Å². The van der Waals surface area contributed by atoms with Gasteiger partial charge in [-0.1, -0.05) is 43.0 Å². The third-order valence-corrected chi connectivity index (χ3v) is 6.12. The van der Waals surface area contributed by atoms with Gasteiger partial charge in [0.2, 0.25) is 5.91 Å². The van der Waals surface area contributed by atoms with Crippen molar-refractivity contribution in [3.8, 4) is 0 Å². The standard InChI is InChI=1S/C25H23ClF2N4O2/c26-20-14-19(10-11-21(20)28)32(25(34)22-15-29-12-13-30-22)23(16-6-8-17(27)9-7-16)24(33)31-18-4-2-1-3-5-18/h6-15,18,23H,1-5H2,(H,31,33)/t23-/m1/s1. The highest BCUT2D eigenvalue weighted by Gasteiger charge is 2.35. The summed E-state index contributed by atoms with van der Waals surface area (Å²) in [4.78, 5) is 36.5. The number of carbonyl (C=O) groups excluding carboxylic acids is 2. The van der Waals surface area contributed by atoms with E-state index in [0.717, 1.165) is 38.2 Å². The summed E-state index contributed by atoms with van der Waals surface area (Å²) in [5.41, 5.74) is 0.558. The summed E-state index contributed by atoms with van der Waals surface area (Å²) in [6, 6.07) is 7.88. The van der Waals surface area contributed by atoms with Crippen LogP contribution in [-0.2, 0) is 4.79 Å².